The standard InChI is InChI=1S/C23H31I/c1-18-11-13-19(14-12-18)17-24-15-5-10-23(24)22-9-4-8-21(16-22)20-6-2-3-7-20/h2-3,6,11-14,21-23H,4-5,7-10,15-17H2,1H3/t21-,22?,23+/m0/s1. The van der Waals surface area contributed by atoms with Crippen molar-refractivity contribution in [2.45, 2.75) is 60.2 Å². The summed E-state index contributed by atoms with van der Waals surface area (Å²) in [5.74, 6) is 1.97. The normalized spacial score (nSPS) is 31.5. The predicted octanol–water partition coefficient (Wildman–Crippen LogP) is 6.86. The summed E-state index contributed by atoms with van der Waals surface area (Å²) in [7, 11) is 0. The molecule has 1 aromatic rings. The van der Waals surface area contributed by atoms with E-state index in [0.717, 1.165) is 15.8 Å². The van der Waals surface area contributed by atoms with Crippen LogP contribution >= 0.6 is 19.8 Å². The van der Waals surface area contributed by atoms with E-state index in [2.05, 4.69) is 49.4 Å². The SMILES string of the molecule is Cc1ccc(CI2CCC[C@@H]2C2CCC[C@H](C3=CC=CC3)C2)cc1. The molecule has 1 heteroatoms. The van der Waals surface area contributed by atoms with E-state index in [1.807, 2.05) is 0 Å². The summed E-state index contributed by atoms with van der Waals surface area (Å²) in [6.07, 6.45) is 17.4. The molecule has 0 N–H and O–H groups in total. The molecule has 0 bridgehead atoms. The Kier molecular flexibility index (Phi) is 5.46. The van der Waals surface area contributed by atoms with Crippen LogP contribution < -0.4 is 0 Å². The predicted molar refractivity (Wildman–Crippen MR) is 114 cm³/mol. The molecule has 1 heterocycles. The third-order valence-electron chi connectivity index (χ3n) is 6.25. The molecule has 1 saturated carbocycles. The first-order valence-corrected chi connectivity index (χ1v) is 14.1. The monoisotopic (exact) mass is 434 g/mol. The third-order valence-corrected chi connectivity index (χ3v) is 14.2. The molecule has 130 valence electrons. The van der Waals surface area contributed by atoms with Gasteiger partial charge in [-0.15, -0.1) is 0 Å². The summed E-state index contributed by atoms with van der Waals surface area (Å²) in [5, 5.41) is 0. The maximum atomic E-state index is 2.42. The third kappa shape index (κ3) is 3.81. The van der Waals surface area contributed by atoms with E-state index in [-0.39, 0.29) is 0 Å². The average Bonchev–Trinajstić information content (AvgIpc) is 3.29. The molecule has 0 amide bonds. The van der Waals surface area contributed by atoms with Gasteiger partial charge in [0.1, 0.15) is 0 Å². The molecule has 1 saturated heterocycles. The van der Waals surface area contributed by atoms with Gasteiger partial charge < -0.3 is 0 Å². The molecule has 3 aliphatic rings. The van der Waals surface area contributed by atoms with Gasteiger partial charge in [-0.05, 0) is 0 Å². The van der Waals surface area contributed by atoms with Gasteiger partial charge in [-0.3, -0.25) is 0 Å². The molecule has 3 atom stereocenters. The van der Waals surface area contributed by atoms with E-state index in [0.29, 0.717) is 0 Å². The molecule has 0 nitrogen and oxygen atoms in total. The quantitative estimate of drug-likeness (QED) is 0.359. The molecule has 4 rings (SSSR count). The van der Waals surface area contributed by atoms with Crippen molar-refractivity contribution in [3.05, 3.63) is 59.2 Å². The van der Waals surface area contributed by atoms with Crippen molar-refractivity contribution >= 4 is 19.8 Å². The van der Waals surface area contributed by atoms with Gasteiger partial charge in [0.25, 0.3) is 0 Å². The summed E-state index contributed by atoms with van der Waals surface area (Å²) >= 11 is -0.805. The number of benzene rings is 1. The van der Waals surface area contributed by atoms with Crippen LogP contribution in [-0.2, 0) is 4.43 Å². The van der Waals surface area contributed by atoms with Gasteiger partial charge in [-0.1, -0.05) is 0 Å². The van der Waals surface area contributed by atoms with Crippen LogP contribution in [0.2, 0.25) is 0 Å². The Balaban J connectivity index is 1.41. The van der Waals surface area contributed by atoms with Crippen molar-refractivity contribution in [2.75, 3.05) is 4.43 Å². The molecule has 1 aliphatic heterocycles. The van der Waals surface area contributed by atoms with E-state index in [4.69, 9.17) is 0 Å². The number of hydrogen-bond acceptors (Lipinski definition) is 0. The van der Waals surface area contributed by atoms with Crippen LogP contribution in [0.25, 0.3) is 0 Å². The zero-order valence-corrected chi connectivity index (χ0v) is 17.2. The van der Waals surface area contributed by atoms with Crippen LogP contribution in [0.15, 0.2) is 48.1 Å². The Morgan fingerprint density at radius 2 is 1.92 bits per heavy atom. The fourth-order valence-electron chi connectivity index (χ4n) is 4.93. The molecular formula is C23H31I. The summed E-state index contributed by atoms with van der Waals surface area (Å²) < 4.78 is 4.24. The van der Waals surface area contributed by atoms with Crippen LogP contribution in [0.1, 0.15) is 56.1 Å². The molecule has 2 aliphatic carbocycles. The topological polar surface area (TPSA) is 0 Å². The fourth-order valence-corrected chi connectivity index (χ4v) is 13.1. The van der Waals surface area contributed by atoms with E-state index in [1.54, 1.807) is 22.0 Å². The summed E-state index contributed by atoms with van der Waals surface area (Å²) in [6, 6.07) is 9.43. The van der Waals surface area contributed by atoms with Crippen LogP contribution in [0.3, 0.4) is 0 Å². The molecular weight excluding hydrogens is 403 g/mol. The Bertz CT molecular complexity index is 609. The first-order chi connectivity index (χ1) is 11.8. The Hall–Kier alpha value is -0.570. The molecule has 0 radical (unpaired) electrons. The number of alkyl halides is 3. The maximum absolute atomic E-state index is 2.42. The Morgan fingerprint density at radius 3 is 2.71 bits per heavy atom. The minimum atomic E-state index is -0.805. The molecule has 24 heavy (non-hydrogen) atoms. The molecule has 1 aromatic carbocycles. The van der Waals surface area contributed by atoms with Crippen molar-refractivity contribution in [1.82, 2.24) is 0 Å². The second-order valence-electron chi connectivity index (χ2n) is 7.96. The van der Waals surface area contributed by atoms with E-state index < -0.39 is 19.8 Å². The Labute approximate surface area is 155 Å². The van der Waals surface area contributed by atoms with Gasteiger partial charge in [-0.25, -0.2) is 0 Å². The van der Waals surface area contributed by atoms with Crippen LogP contribution in [0, 0.1) is 18.8 Å². The van der Waals surface area contributed by atoms with Crippen LogP contribution in [0.5, 0.6) is 0 Å². The molecule has 0 aromatic heterocycles. The van der Waals surface area contributed by atoms with Crippen molar-refractivity contribution < 1.29 is 0 Å². The Morgan fingerprint density at radius 1 is 1.04 bits per heavy atom. The second kappa shape index (κ2) is 7.76. The summed E-state index contributed by atoms with van der Waals surface area (Å²) in [6.45, 7) is 2.20. The number of aryl methyl sites for hydroxylation is 1. The first-order valence-electron chi connectivity index (χ1n) is 9.81. The van der Waals surface area contributed by atoms with Gasteiger partial charge in [0, 0.05) is 0 Å². The van der Waals surface area contributed by atoms with Gasteiger partial charge in [0.15, 0.2) is 0 Å². The number of halogens is 1. The van der Waals surface area contributed by atoms with E-state index >= 15 is 0 Å². The first kappa shape index (κ1) is 16.9. The van der Waals surface area contributed by atoms with Crippen LogP contribution in [-0.4, -0.2) is 8.35 Å². The van der Waals surface area contributed by atoms with Gasteiger partial charge in [0.2, 0.25) is 0 Å². The van der Waals surface area contributed by atoms with Gasteiger partial charge in [0.05, 0.1) is 0 Å². The van der Waals surface area contributed by atoms with Crippen molar-refractivity contribution in [2.24, 2.45) is 11.8 Å². The minimum absolute atomic E-state index is 0.805. The number of rotatable bonds is 4. The number of hydrogen-bond donors (Lipinski definition) is 0. The second-order valence-corrected chi connectivity index (χ2v) is 14.2. The van der Waals surface area contributed by atoms with E-state index in [9.17, 15) is 0 Å². The van der Waals surface area contributed by atoms with Gasteiger partial charge >= 0.3 is 155 Å². The average molecular weight is 434 g/mol. The zero-order valence-electron chi connectivity index (χ0n) is 15.0. The van der Waals surface area contributed by atoms with Gasteiger partial charge in [-0.2, -0.15) is 0 Å². The number of allylic oxidation sites excluding steroid dienone is 4. The van der Waals surface area contributed by atoms with Crippen molar-refractivity contribution in [3.63, 3.8) is 0 Å². The molecule has 1 unspecified atom stereocenters. The van der Waals surface area contributed by atoms with E-state index in [1.165, 1.54) is 48.5 Å². The molecule has 2 fully saturated rings. The zero-order chi connectivity index (χ0) is 16.4. The summed E-state index contributed by atoms with van der Waals surface area (Å²) in [4.78, 5) is 0. The molecule has 0 spiro atoms. The van der Waals surface area contributed by atoms with Crippen molar-refractivity contribution in [3.8, 4) is 0 Å². The summed E-state index contributed by atoms with van der Waals surface area (Å²) in [5.41, 5.74) is 4.78. The van der Waals surface area contributed by atoms with Crippen LogP contribution in [0.4, 0.5) is 0 Å². The fraction of sp³-hybridized carbons (Fsp3) is 0.565. The van der Waals surface area contributed by atoms with Crippen molar-refractivity contribution in [1.29, 1.82) is 0 Å².